The molecule has 4 rings (SSSR count). The monoisotopic (exact) mass is 401 g/mol. The summed E-state index contributed by atoms with van der Waals surface area (Å²) in [6.07, 6.45) is 0. The van der Waals surface area contributed by atoms with Crippen molar-refractivity contribution in [3.63, 3.8) is 0 Å². The lowest BCUT2D eigenvalue weighted by molar-refractivity contribution is -0.384. The van der Waals surface area contributed by atoms with Crippen molar-refractivity contribution in [1.82, 2.24) is 20.0 Å². The normalized spacial score (nSPS) is 22.7. The number of nitrogens with zero attached hydrogens (tertiary/aromatic N) is 4. The maximum atomic E-state index is 13.2. The molecular formula is C19H23N5O5. The Balaban J connectivity index is 1.57. The van der Waals surface area contributed by atoms with Gasteiger partial charge in [-0.25, -0.2) is 4.79 Å². The van der Waals surface area contributed by atoms with Gasteiger partial charge in [-0.15, -0.1) is 0 Å². The van der Waals surface area contributed by atoms with Crippen LogP contribution in [0.1, 0.15) is 11.6 Å². The Labute approximate surface area is 167 Å². The minimum Gasteiger partial charge on any atom is -0.379 e. The molecule has 29 heavy (non-hydrogen) atoms. The Hall–Kier alpha value is -2.98. The summed E-state index contributed by atoms with van der Waals surface area (Å²) in [4.78, 5) is 41.7. The van der Waals surface area contributed by atoms with Gasteiger partial charge in [0.05, 0.1) is 42.0 Å². The standard InChI is InChI=1S/C19H23N5O5/c1-21-15-12-23(6-5-22-7-9-29-10-8-22)18(25)16(15)17(20-19(21)26)13-3-2-4-14(11-13)24(27)28/h2-4,11,17H,5-10,12H2,1H3,(H,20,26)/t17-/m1/s1. The van der Waals surface area contributed by atoms with Crippen LogP contribution in [-0.4, -0.2) is 84.5 Å². The van der Waals surface area contributed by atoms with Crippen molar-refractivity contribution < 1.29 is 19.2 Å². The largest absolute Gasteiger partial charge is 0.379 e. The SMILES string of the molecule is CN1C(=O)N[C@H](c2cccc([N+](=O)[O-])c2)C2=C1CN(CCN1CCOCC1)C2=O. The van der Waals surface area contributed by atoms with E-state index in [0.717, 1.165) is 19.6 Å². The molecule has 154 valence electrons. The van der Waals surface area contributed by atoms with Crippen LogP contribution in [0.15, 0.2) is 35.5 Å². The summed E-state index contributed by atoms with van der Waals surface area (Å²) in [5.74, 6) is -0.142. The summed E-state index contributed by atoms with van der Waals surface area (Å²) < 4.78 is 5.35. The molecule has 10 heteroatoms. The second-order valence-corrected chi connectivity index (χ2v) is 7.33. The summed E-state index contributed by atoms with van der Waals surface area (Å²) in [6, 6.07) is 5.02. The highest BCUT2D eigenvalue weighted by molar-refractivity contribution is 6.01. The van der Waals surface area contributed by atoms with Gasteiger partial charge in [-0.1, -0.05) is 12.1 Å². The van der Waals surface area contributed by atoms with Crippen molar-refractivity contribution in [2.75, 3.05) is 53.0 Å². The zero-order valence-corrected chi connectivity index (χ0v) is 16.2. The number of rotatable bonds is 5. The minimum atomic E-state index is -0.700. The lowest BCUT2D eigenvalue weighted by Crippen LogP contribution is -2.45. The third kappa shape index (κ3) is 3.68. The van der Waals surface area contributed by atoms with E-state index in [2.05, 4.69) is 10.2 Å². The van der Waals surface area contributed by atoms with Crippen LogP contribution >= 0.6 is 0 Å². The van der Waals surface area contributed by atoms with E-state index in [1.54, 1.807) is 24.1 Å². The molecule has 1 fully saturated rings. The number of benzene rings is 1. The van der Waals surface area contributed by atoms with Crippen LogP contribution in [0.5, 0.6) is 0 Å². The first-order valence-electron chi connectivity index (χ1n) is 9.56. The van der Waals surface area contributed by atoms with E-state index in [4.69, 9.17) is 4.74 Å². The van der Waals surface area contributed by atoms with Gasteiger partial charge >= 0.3 is 6.03 Å². The fraction of sp³-hybridized carbons (Fsp3) is 0.474. The van der Waals surface area contributed by atoms with Crippen LogP contribution < -0.4 is 5.32 Å². The molecule has 0 bridgehead atoms. The number of morpholine rings is 1. The number of nitrogens with one attached hydrogen (secondary N) is 1. The Bertz CT molecular complexity index is 879. The van der Waals surface area contributed by atoms with Gasteiger partial charge in [0.15, 0.2) is 0 Å². The van der Waals surface area contributed by atoms with Crippen molar-refractivity contribution in [2.45, 2.75) is 6.04 Å². The predicted molar refractivity (Wildman–Crippen MR) is 103 cm³/mol. The minimum absolute atomic E-state index is 0.0764. The van der Waals surface area contributed by atoms with Crippen LogP contribution in [-0.2, 0) is 9.53 Å². The molecule has 3 aliphatic rings. The van der Waals surface area contributed by atoms with Crippen molar-refractivity contribution in [1.29, 1.82) is 0 Å². The molecular weight excluding hydrogens is 378 g/mol. The molecule has 3 aliphatic heterocycles. The molecule has 0 aromatic heterocycles. The van der Waals surface area contributed by atoms with E-state index in [1.165, 1.54) is 17.0 Å². The Morgan fingerprint density at radius 1 is 1.24 bits per heavy atom. The Kier molecular flexibility index (Phi) is 5.20. The van der Waals surface area contributed by atoms with Gasteiger partial charge in [-0.05, 0) is 5.56 Å². The number of carbonyl (C=O) groups is 2. The highest BCUT2D eigenvalue weighted by Crippen LogP contribution is 2.36. The molecule has 1 aromatic carbocycles. The number of carbonyl (C=O) groups excluding carboxylic acids is 2. The molecule has 3 amide bonds. The van der Waals surface area contributed by atoms with E-state index >= 15 is 0 Å². The second-order valence-electron chi connectivity index (χ2n) is 7.33. The van der Waals surface area contributed by atoms with E-state index in [1.807, 2.05) is 0 Å². The first-order valence-corrected chi connectivity index (χ1v) is 9.56. The first-order chi connectivity index (χ1) is 14.0. The summed E-state index contributed by atoms with van der Waals surface area (Å²) in [5.41, 5.74) is 1.58. The van der Waals surface area contributed by atoms with Gasteiger partial charge in [0, 0.05) is 45.4 Å². The fourth-order valence-corrected chi connectivity index (χ4v) is 3.96. The molecule has 1 saturated heterocycles. The van der Waals surface area contributed by atoms with Gasteiger partial charge in [-0.3, -0.25) is 24.7 Å². The number of hydrogen-bond acceptors (Lipinski definition) is 6. The van der Waals surface area contributed by atoms with Crippen LogP contribution in [0, 0.1) is 10.1 Å². The molecule has 3 heterocycles. The van der Waals surface area contributed by atoms with Crippen LogP contribution in [0.4, 0.5) is 10.5 Å². The summed E-state index contributed by atoms with van der Waals surface area (Å²) in [7, 11) is 1.63. The van der Waals surface area contributed by atoms with Gasteiger partial charge in [0.1, 0.15) is 0 Å². The molecule has 1 atom stereocenters. The quantitative estimate of drug-likeness (QED) is 0.575. The van der Waals surface area contributed by atoms with Crippen molar-refractivity contribution >= 4 is 17.6 Å². The van der Waals surface area contributed by atoms with E-state index in [9.17, 15) is 19.7 Å². The average Bonchev–Trinajstić information content (AvgIpc) is 3.06. The Morgan fingerprint density at radius 3 is 2.72 bits per heavy atom. The highest BCUT2D eigenvalue weighted by Gasteiger charge is 2.43. The molecule has 0 saturated carbocycles. The van der Waals surface area contributed by atoms with Crippen molar-refractivity contribution in [3.8, 4) is 0 Å². The third-order valence-electron chi connectivity index (χ3n) is 5.64. The average molecular weight is 401 g/mol. The molecule has 1 aromatic rings. The maximum Gasteiger partial charge on any atom is 0.322 e. The van der Waals surface area contributed by atoms with Crippen molar-refractivity contribution in [2.24, 2.45) is 0 Å². The molecule has 10 nitrogen and oxygen atoms in total. The van der Waals surface area contributed by atoms with Crippen LogP contribution in [0.3, 0.4) is 0 Å². The number of nitro benzene ring substituents is 1. The lowest BCUT2D eigenvalue weighted by atomic mass is 9.95. The number of nitro groups is 1. The van der Waals surface area contributed by atoms with Gasteiger partial charge in [0.25, 0.3) is 11.6 Å². The number of non-ortho nitro benzene ring substituents is 1. The third-order valence-corrected chi connectivity index (χ3v) is 5.64. The number of hydrogen-bond donors (Lipinski definition) is 1. The summed E-state index contributed by atoms with van der Waals surface area (Å²) >= 11 is 0. The Morgan fingerprint density at radius 2 is 2.00 bits per heavy atom. The van der Waals surface area contributed by atoms with Gasteiger partial charge < -0.3 is 15.0 Å². The number of urea groups is 1. The zero-order valence-electron chi connectivity index (χ0n) is 16.2. The molecule has 0 aliphatic carbocycles. The maximum absolute atomic E-state index is 13.2. The van der Waals surface area contributed by atoms with Gasteiger partial charge in [0.2, 0.25) is 0 Å². The van der Waals surface area contributed by atoms with E-state index in [0.29, 0.717) is 43.1 Å². The topological polar surface area (TPSA) is 108 Å². The molecule has 0 spiro atoms. The predicted octanol–water partition coefficient (Wildman–Crippen LogP) is 0.719. The second kappa shape index (κ2) is 7.80. The molecule has 0 unspecified atom stereocenters. The zero-order chi connectivity index (χ0) is 20.5. The van der Waals surface area contributed by atoms with Crippen molar-refractivity contribution in [3.05, 3.63) is 51.2 Å². The first kappa shape index (κ1) is 19.3. The van der Waals surface area contributed by atoms with Crippen LogP contribution in [0.25, 0.3) is 0 Å². The smallest absolute Gasteiger partial charge is 0.322 e. The van der Waals surface area contributed by atoms with Crippen LogP contribution in [0.2, 0.25) is 0 Å². The van der Waals surface area contributed by atoms with Gasteiger partial charge in [-0.2, -0.15) is 0 Å². The van der Waals surface area contributed by atoms with E-state index < -0.39 is 11.0 Å². The van der Waals surface area contributed by atoms with E-state index in [-0.39, 0.29) is 17.6 Å². The molecule has 0 radical (unpaired) electrons. The summed E-state index contributed by atoms with van der Waals surface area (Å²) in [5, 5.41) is 13.9. The lowest BCUT2D eigenvalue weighted by Gasteiger charge is -2.31. The number of likely N-dealkylation sites (N-methyl/N-ethyl adjacent to an activating group) is 1. The number of ether oxygens (including phenoxy) is 1. The number of amides is 3. The fourth-order valence-electron chi connectivity index (χ4n) is 3.96. The molecule has 1 N–H and O–H groups in total. The highest BCUT2D eigenvalue weighted by atomic mass is 16.6. The summed E-state index contributed by atoms with van der Waals surface area (Å²) in [6.45, 7) is 4.71.